The molecular weight excluding hydrogens is 521 g/mol. The Morgan fingerprint density at radius 3 is 2.19 bits per heavy atom. The Hall–Kier alpha value is -3.07. The smallest absolute Gasteiger partial charge is 0.334 e. The van der Waals surface area contributed by atoms with Crippen LogP contribution in [-0.4, -0.2) is 33.2 Å². The maximum atomic E-state index is 13.7. The van der Waals surface area contributed by atoms with Gasteiger partial charge in [-0.1, -0.05) is 97.1 Å². The van der Waals surface area contributed by atoms with Crippen LogP contribution in [0.3, 0.4) is 0 Å². The third kappa shape index (κ3) is 5.32. The lowest BCUT2D eigenvalue weighted by Crippen LogP contribution is -2.64. The zero-order valence-corrected chi connectivity index (χ0v) is 22.9. The van der Waals surface area contributed by atoms with Crippen molar-refractivity contribution in [1.29, 1.82) is 0 Å². The van der Waals surface area contributed by atoms with Crippen LogP contribution in [0.4, 0.5) is 0 Å². The predicted octanol–water partition coefficient (Wildman–Crippen LogP) is 7.12. The first-order valence-corrected chi connectivity index (χ1v) is 14.9. The molecule has 1 aliphatic rings. The number of fused-ring (bicyclic) bond motifs is 1. The fraction of sp³-hybridized carbons (Fsp3) is 0.207. The van der Waals surface area contributed by atoms with Crippen LogP contribution in [-0.2, 0) is 14.3 Å². The molecule has 0 unspecified atom stereocenters. The summed E-state index contributed by atoms with van der Waals surface area (Å²) >= 11 is 1.62. The van der Waals surface area contributed by atoms with E-state index >= 15 is 0 Å². The number of carbonyl (C=O) groups is 2. The first-order chi connectivity index (χ1) is 17.9. The molecule has 8 heteroatoms. The van der Waals surface area contributed by atoms with Gasteiger partial charge in [0.15, 0.2) is 16.5 Å². The van der Waals surface area contributed by atoms with Crippen molar-refractivity contribution in [3.05, 3.63) is 108 Å². The Balaban J connectivity index is 1.36. The molecule has 37 heavy (non-hydrogen) atoms. The molecule has 0 bridgehead atoms. The van der Waals surface area contributed by atoms with Crippen LogP contribution in [0.5, 0.6) is 0 Å². The molecule has 0 saturated carbocycles. The van der Waals surface area contributed by atoms with E-state index in [0.717, 1.165) is 25.7 Å². The van der Waals surface area contributed by atoms with E-state index in [9.17, 15) is 9.59 Å². The van der Waals surface area contributed by atoms with E-state index in [-0.39, 0.29) is 17.2 Å². The van der Waals surface area contributed by atoms with Crippen LogP contribution in [0, 0.1) is 5.92 Å². The van der Waals surface area contributed by atoms with Gasteiger partial charge in [0.25, 0.3) is 0 Å². The summed E-state index contributed by atoms with van der Waals surface area (Å²) in [6.45, 7) is 7.72. The first kappa shape index (κ1) is 25.6. The summed E-state index contributed by atoms with van der Waals surface area (Å²) in [5.74, 6) is -0.787. The Morgan fingerprint density at radius 1 is 1.00 bits per heavy atom. The number of carbonyl (C=O) groups excluding carboxylic acids is 2. The molecule has 1 aliphatic heterocycles. The normalized spacial score (nSPS) is 18.0. The number of nitrogens with zero attached hydrogens (tertiary/aromatic N) is 2. The van der Waals surface area contributed by atoms with Crippen molar-refractivity contribution < 1.29 is 14.3 Å². The van der Waals surface area contributed by atoms with Crippen molar-refractivity contribution in [1.82, 2.24) is 9.88 Å². The summed E-state index contributed by atoms with van der Waals surface area (Å²) < 4.78 is 8.16. The van der Waals surface area contributed by atoms with E-state index in [1.54, 1.807) is 34.0 Å². The minimum atomic E-state index is -0.868. The molecule has 2 heterocycles. The number of β-lactam (4-membered cyclic amide) rings is 1. The lowest BCUT2D eigenvalue weighted by molar-refractivity contribution is -0.166. The number of esters is 1. The quantitative estimate of drug-likeness (QED) is 0.0964. The number of likely N-dealkylation sites (tertiary alicyclic amines) is 1. The van der Waals surface area contributed by atoms with Crippen LogP contribution < -0.4 is 0 Å². The van der Waals surface area contributed by atoms with Crippen LogP contribution >= 0.6 is 32.9 Å². The highest BCUT2D eigenvalue weighted by molar-refractivity contribution is 8.77. The number of thiazole rings is 1. The van der Waals surface area contributed by atoms with Gasteiger partial charge in [0.1, 0.15) is 5.37 Å². The van der Waals surface area contributed by atoms with Gasteiger partial charge in [-0.3, -0.25) is 4.79 Å². The van der Waals surface area contributed by atoms with Crippen molar-refractivity contribution in [2.24, 2.45) is 5.92 Å². The summed E-state index contributed by atoms with van der Waals surface area (Å²) in [6.07, 6.45) is -0.589. The number of hydrogen-bond donors (Lipinski definition) is 0. The molecule has 0 spiro atoms. The van der Waals surface area contributed by atoms with Crippen molar-refractivity contribution in [3.8, 4) is 0 Å². The maximum Gasteiger partial charge on any atom is 0.334 e. The van der Waals surface area contributed by atoms with Gasteiger partial charge in [-0.25, -0.2) is 9.78 Å². The van der Waals surface area contributed by atoms with Gasteiger partial charge in [-0.05, 0) is 46.6 Å². The molecule has 5 nitrogen and oxygen atoms in total. The summed E-state index contributed by atoms with van der Waals surface area (Å²) in [6, 6.07) is 26.4. The highest BCUT2D eigenvalue weighted by atomic mass is 33.1. The number of hydrogen-bond acceptors (Lipinski definition) is 7. The van der Waals surface area contributed by atoms with Gasteiger partial charge in [0.2, 0.25) is 5.91 Å². The number of amides is 1. The molecule has 3 atom stereocenters. The van der Waals surface area contributed by atoms with Gasteiger partial charge in [0, 0.05) is 0 Å². The summed E-state index contributed by atoms with van der Waals surface area (Å²) in [4.78, 5) is 33.0. The minimum Gasteiger partial charge on any atom is -0.451 e. The monoisotopic (exact) mass is 546 g/mol. The first-order valence-electron chi connectivity index (χ1n) is 11.9. The van der Waals surface area contributed by atoms with Gasteiger partial charge >= 0.3 is 5.97 Å². The topological polar surface area (TPSA) is 59.5 Å². The van der Waals surface area contributed by atoms with Gasteiger partial charge < -0.3 is 9.64 Å². The summed E-state index contributed by atoms with van der Waals surface area (Å²) in [5.41, 5.74) is 3.26. The van der Waals surface area contributed by atoms with Crippen LogP contribution in [0.1, 0.15) is 31.1 Å². The second-order valence-electron chi connectivity index (χ2n) is 8.94. The molecule has 1 fully saturated rings. The summed E-state index contributed by atoms with van der Waals surface area (Å²) in [7, 11) is 3.08. The molecular formula is C29H26N2O3S3. The molecule has 0 N–H and O–H groups in total. The average molecular weight is 547 g/mol. The zero-order chi connectivity index (χ0) is 25.9. The SMILES string of the molecule is C=C(C)[C@H](C(=O)OC(c1ccccc1)c1ccccc1)N1C(=O)[C@@H](C)[C@H]1SSc1nc2ccccc2s1. The van der Waals surface area contributed by atoms with E-state index in [0.29, 0.717) is 5.57 Å². The molecule has 0 aliphatic carbocycles. The fourth-order valence-corrected chi connectivity index (χ4v) is 8.45. The number of ether oxygens (including phenoxy) is 1. The Bertz CT molecular complexity index is 1350. The molecule has 4 aromatic rings. The molecule has 1 saturated heterocycles. The number of benzene rings is 3. The molecule has 0 radical (unpaired) electrons. The Labute approximate surface area is 228 Å². The van der Waals surface area contributed by atoms with E-state index in [1.807, 2.05) is 91.9 Å². The third-order valence-electron chi connectivity index (χ3n) is 6.25. The second-order valence-corrected chi connectivity index (χ2v) is 12.5. The van der Waals surface area contributed by atoms with Crippen molar-refractivity contribution in [2.45, 2.75) is 35.7 Å². The van der Waals surface area contributed by atoms with E-state index in [1.165, 1.54) is 10.8 Å². The van der Waals surface area contributed by atoms with E-state index < -0.39 is 18.1 Å². The summed E-state index contributed by atoms with van der Waals surface area (Å²) in [5, 5.41) is -0.203. The molecule has 5 rings (SSSR count). The number of para-hydroxylation sites is 1. The van der Waals surface area contributed by atoms with Crippen molar-refractivity contribution in [3.63, 3.8) is 0 Å². The highest BCUT2D eigenvalue weighted by Gasteiger charge is 2.51. The maximum absolute atomic E-state index is 13.7. The highest BCUT2D eigenvalue weighted by Crippen LogP contribution is 2.47. The lowest BCUT2D eigenvalue weighted by Gasteiger charge is -2.48. The molecule has 1 amide bonds. The Kier molecular flexibility index (Phi) is 7.69. The molecule has 1 aromatic heterocycles. The van der Waals surface area contributed by atoms with Crippen molar-refractivity contribution >= 4 is 55.0 Å². The largest absolute Gasteiger partial charge is 0.451 e. The molecule has 188 valence electrons. The molecule has 3 aromatic carbocycles. The standard InChI is InChI=1S/C29H26N2O3S3/c1-18(2)24(28(33)34-25(20-12-6-4-7-13-20)21-14-8-5-9-15-21)31-26(32)19(3)27(31)36-37-29-30-22-16-10-11-17-23(22)35-29/h4-17,19,24-25,27H,1H2,2-3H3/t19-,24-,27-/m1/s1. The van der Waals surface area contributed by atoms with E-state index in [4.69, 9.17) is 4.74 Å². The van der Waals surface area contributed by atoms with Crippen molar-refractivity contribution in [2.75, 3.05) is 0 Å². The van der Waals surface area contributed by atoms with Gasteiger partial charge in [-0.2, -0.15) is 0 Å². The number of rotatable bonds is 9. The van der Waals surface area contributed by atoms with Crippen LogP contribution in [0.15, 0.2) is 101 Å². The van der Waals surface area contributed by atoms with E-state index in [2.05, 4.69) is 11.6 Å². The van der Waals surface area contributed by atoms with Gasteiger partial charge in [-0.15, -0.1) is 11.3 Å². The average Bonchev–Trinajstić information content (AvgIpc) is 3.34. The third-order valence-corrected chi connectivity index (χ3v) is 10.4. The zero-order valence-electron chi connectivity index (χ0n) is 20.4. The lowest BCUT2D eigenvalue weighted by atomic mass is 9.95. The fourth-order valence-electron chi connectivity index (χ4n) is 4.34. The van der Waals surface area contributed by atoms with Crippen LogP contribution in [0.25, 0.3) is 10.2 Å². The number of aromatic nitrogens is 1. The second kappa shape index (κ2) is 11.1. The predicted molar refractivity (Wildman–Crippen MR) is 152 cm³/mol. The minimum absolute atomic E-state index is 0.0803. The Morgan fingerprint density at radius 2 is 1.59 bits per heavy atom. The van der Waals surface area contributed by atoms with Gasteiger partial charge in [0.05, 0.1) is 16.1 Å². The van der Waals surface area contributed by atoms with Crippen LogP contribution in [0.2, 0.25) is 0 Å².